The molecule has 94 valence electrons. The molecule has 1 N–H and O–H groups in total. The molecular formula is C14H27NS. The first-order chi connectivity index (χ1) is 7.78. The van der Waals surface area contributed by atoms with Crippen molar-refractivity contribution in [3.8, 4) is 0 Å². The lowest BCUT2D eigenvalue weighted by Gasteiger charge is -2.29. The second kappa shape index (κ2) is 6.30. The van der Waals surface area contributed by atoms with Crippen LogP contribution >= 0.6 is 11.8 Å². The fourth-order valence-corrected chi connectivity index (χ4v) is 4.38. The summed E-state index contributed by atoms with van der Waals surface area (Å²) in [6, 6.07) is 1.68. The average Bonchev–Trinajstić information content (AvgIpc) is 2.70. The average molecular weight is 241 g/mol. The number of rotatable bonds is 4. The Morgan fingerprint density at radius 3 is 2.38 bits per heavy atom. The molecule has 2 fully saturated rings. The van der Waals surface area contributed by atoms with Crippen LogP contribution in [0.2, 0.25) is 0 Å². The largest absolute Gasteiger partial charge is 0.311 e. The summed E-state index contributed by atoms with van der Waals surface area (Å²) in [7, 11) is 0. The van der Waals surface area contributed by atoms with E-state index >= 15 is 0 Å². The van der Waals surface area contributed by atoms with Crippen molar-refractivity contribution in [2.45, 2.75) is 76.1 Å². The van der Waals surface area contributed by atoms with E-state index in [2.05, 4.69) is 30.9 Å². The summed E-state index contributed by atoms with van der Waals surface area (Å²) in [5.41, 5.74) is 0. The molecule has 2 aliphatic rings. The minimum Gasteiger partial charge on any atom is -0.311 e. The molecule has 2 rings (SSSR count). The van der Waals surface area contributed by atoms with E-state index in [0.717, 1.165) is 23.3 Å². The van der Waals surface area contributed by atoms with Crippen molar-refractivity contribution in [3.63, 3.8) is 0 Å². The zero-order valence-electron chi connectivity index (χ0n) is 10.9. The van der Waals surface area contributed by atoms with Gasteiger partial charge in [-0.25, -0.2) is 0 Å². The lowest BCUT2D eigenvalue weighted by atomic mass is 9.87. The molecule has 2 unspecified atom stereocenters. The molecule has 0 radical (unpaired) electrons. The fourth-order valence-electron chi connectivity index (χ4n) is 3.24. The van der Waals surface area contributed by atoms with Gasteiger partial charge in [0.15, 0.2) is 0 Å². The zero-order chi connectivity index (χ0) is 11.4. The Hall–Kier alpha value is 0.310. The van der Waals surface area contributed by atoms with Crippen LogP contribution in [-0.4, -0.2) is 23.1 Å². The van der Waals surface area contributed by atoms with E-state index in [4.69, 9.17) is 0 Å². The summed E-state index contributed by atoms with van der Waals surface area (Å²) in [5.74, 6) is 2.27. The van der Waals surface area contributed by atoms with Crippen molar-refractivity contribution in [3.05, 3.63) is 0 Å². The quantitative estimate of drug-likeness (QED) is 0.803. The molecule has 0 aromatic heterocycles. The Labute approximate surface area is 105 Å². The Morgan fingerprint density at radius 2 is 1.69 bits per heavy atom. The second-order valence-electron chi connectivity index (χ2n) is 5.71. The Bertz CT molecular complexity index is 199. The maximum Gasteiger partial charge on any atom is 0.00805 e. The molecule has 0 aliphatic heterocycles. The van der Waals surface area contributed by atoms with Gasteiger partial charge in [-0.1, -0.05) is 13.8 Å². The summed E-state index contributed by atoms with van der Waals surface area (Å²) < 4.78 is 0. The van der Waals surface area contributed by atoms with Crippen molar-refractivity contribution >= 4 is 11.8 Å². The predicted molar refractivity (Wildman–Crippen MR) is 74.1 cm³/mol. The summed E-state index contributed by atoms with van der Waals surface area (Å²) in [6.45, 7) is 4.69. The third-order valence-corrected chi connectivity index (χ3v) is 5.51. The van der Waals surface area contributed by atoms with E-state index in [-0.39, 0.29) is 0 Å². The van der Waals surface area contributed by atoms with Gasteiger partial charge in [0, 0.05) is 17.3 Å². The van der Waals surface area contributed by atoms with Crippen molar-refractivity contribution in [1.82, 2.24) is 5.32 Å². The Balaban J connectivity index is 1.67. The lowest BCUT2D eigenvalue weighted by Crippen LogP contribution is -2.39. The number of nitrogens with one attached hydrogen (secondary N) is 1. The highest BCUT2D eigenvalue weighted by Gasteiger charge is 2.27. The van der Waals surface area contributed by atoms with Crippen molar-refractivity contribution in [1.29, 1.82) is 0 Å². The molecule has 0 bridgehead atoms. The van der Waals surface area contributed by atoms with Gasteiger partial charge in [0.25, 0.3) is 0 Å². The van der Waals surface area contributed by atoms with Crippen molar-refractivity contribution in [2.24, 2.45) is 5.92 Å². The van der Waals surface area contributed by atoms with Crippen LogP contribution in [0.1, 0.15) is 58.8 Å². The van der Waals surface area contributed by atoms with Gasteiger partial charge in [-0.15, -0.1) is 0 Å². The molecule has 0 aromatic carbocycles. The summed E-state index contributed by atoms with van der Waals surface area (Å²) in [6.07, 6.45) is 10.0. The molecule has 1 nitrogen and oxygen atoms in total. The SMILES string of the molecule is CCSC1CCC(NC2CCC(C)CC2)C1. The van der Waals surface area contributed by atoms with E-state index < -0.39 is 0 Å². The van der Waals surface area contributed by atoms with Crippen molar-refractivity contribution in [2.75, 3.05) is 5.75 Å². The minimum absolute atomic E-state index is 0.836. The van der Waals surface area contributed by atoms with Crippen LogP contribution in [0.5, 0.6) is 0 Å². The van der Waals surface area contributed by atoms with Gasteiger partial charge in [0.1, 0.15) is 0 Å². The van der Waals surface area contributed by atoms with E-state index in [1.165, 1.54) is 50.7 Å². The summed E-state index contributed by atoms with van der Waals surface area (Å²) in [4.78, 5) is 0. The van der Waals surface area contributed by atoms with Gasteiger partial charge in [-0.05, 0) is 56.6 Å². The van der Waals surface area contributed by atoms with Gasteiger partial charge in [-0.3, -0.25) is 0 Å². The molecule has 0 aromatic rings. The number of hydrogen-bond acceptors (Lipinski definition) is 2. The number of hydrogen-bond donors (Lipinski definition) is 1. The van der Waals surface area contributed by atoms with E-state index in [1.807, 2.05) is 0 Å². The molecule has 2 saturated carbocycles. The maximum absolute atomic E-state index is 3.91. The normalized spacial score (nSPS) is 40.1. The summed E-state index contributed by atoms with van der Waals surface area (Å²) in [5, 5.41) is 4.86. The highest BCUT2D eigenvalue weighted by molar-refractivity contribution is 7.99. The van der Waals surface area contributed by atoms with Crippen LogP contribution < -0.4 is 5.32 Å². The van der Waals surface area contributed by atoms with Crippen molar-refractivity contribution < 1.29 is 0 Å². The Kier molecular flexibility index (Phi) is 5.02. The standard InChI is InChI=1S/C14H27NS/c1-3-16-14-9-8-13(10-14)15-12-6-4-11(2)5-7-12/h11-15H,3-10H2,1-2H3. The molecule has 2 atom stereocenters. The molecule has 0 saturated heterocycles. The van der Waals surface area contributed by atoms with Gasteiger partial charge in [0.05, 0.1) is 0 Å². The van der Waals surface area contributed by atoms with Crippen LogP contribution in [0.25, 0.3) is 0 Å². The smallest absolute Gasteiger partial charge is 0.00805 e. The topological polar surface area (TPSA) is 12.0 Å². The zero-order valence-corrected chi connectivity index (χ0v) is 11.7. The highest BCUT2D eigenvalue weighted by atomic mass is 32.2. The van der Waals surface area contributed by atoms with E-state index in [0.29, 0.717) is 0 Å². The molecule has 2 heteroatoms. The van der Waals surface area contributed by atoms with Gasteiger partial charge >= 0.3 is 0 Å². The lowest BCUT2D eigenvalue weighted by molar-refractivity contribution is 0.286. The molecular weight excluding hydrogens is 214 g/mol. The molecule has 0 spiro atoms. The van der Waals surface area contributed by atoms with Crippen LogP contribution in [0, 0.1) is 5.92 Å². The van der Waals surface area contributed by atoms with E-state index in [9.17, 15) is 0 Å². The predicted octanol–water partition coefficient (Wildman–Crippen LogP) is 3.83. The minimum atomic E-state index is 0.836. The fraction of sp³-hybridized carbons (Fsp3) is 1.00. The first kappa shape index (κ1) is 12.8. The van der Waals surface area contributed by atoms with Crippen LogP contribution in [0.4, 0.5) is 0 Å². The highest BCUT2D eigenvalue weighted by Crippen LogP contribution is 2.31. The van der Waals surface area contributed by atoms with Gasteiger partial charge in [-0.2, -0.15) is 11.8 Å². The monoisotopic (exact) mass is 241 g/mol. The number of thioether (sulfide) groups is 1. The third-order valence-electron chi connectivity index (χ3n) is 4.27. The van der Waals surface area contributed by atoms with Gasteiger partial charge in [0.2, 0.25) is 0 Å². The molecule has 2 aliphatic carbocycles. The molecule has 0 amide bonds. The Morgan fingerprint density at radius 1 is 1.00 bits per heavy atom. The van der Waals surface area contributed by atoms with Crippen LogP contribution in [0.15, 0.2) is 0 Å². The van der Waals surface area contributed by atoms with E-state index in [1.54, 1.807) is 0 Å². The van der Waals surface area contributed by atoms with Crippen LogP contribution in [0.3, 0.4) is 0 Å². The van der Waals surface area contributed by atoms with Gasteiger partial charge < -0.3 is 5.32 Å². The first-order valence-electron chi connectivity index (χ1n) is 7.15. The molecule has 16 heavy (non-hydrogen) atoms. The third kappa shape index (κ3) is 3.66. The first-order valence-corrected chi connectivity index (χ1v) is 8.20. The maximum atomic E-state index is 3.91. The van der Waals surface area contributed by atoms with Crippen LogP contribution in [-0.2, 0) is 0 Å². The summed E-state index contributed by atoms with van der Waals surface area (Å²) >= 11 is 2.17. The second-order valence-corrected chi connectivity index (χ2v) is 7.29. The molecule has 0 heterocycles.